The number of rotatable bonds is 4. The highest BCUT2D eigenvalue weighted by atomic mass is 32.2. The van der Waals surface area contributed by atoms with E-state index in [1.807, 2.05) is 18.7 Å². The third kappa shape index (κ3) is 3.73. The van der Waals surface area contributed by atoms with Crippen LogP contribution in [0.3, 0.4) is 0 Å². The summed E-state index contributed by atoms with van der Waals surface area (Å²) in [6.07, 6.45) is 6.08. The number of nitrogen functional groups attached to an aromatic ring is 1. The number of anilines is 1. The van der Waals surface area contributed by atoms with E-state index in [1.54, 1.807) is 19.1 Å². The molecule has 1 aromatic carbocycles. The van der Waals surface area contributed by atoms with Crippen LogP contribution < -0.4 is 10.5 Å². The van der Waals surface area contributed by atoms with E-state index in [9.17, 15) is 8.42 Å². The van der Waals surface area contributed by atoms with Crippen LogP contribution in [0, 0.1) is 13.8 Å². The fourth-order valence-corrected chi connectivity index (χ4v) is 5.50. The molecule has 0 bridgehead atoms. The molecule has 0 saturated heterocycles. The molecule has 0 aliphatic heterocycles. The summed E-state index contributed by atoms with van der Waals surface area (Å²) in [5.41, 5.74) is 7.76. The van der Waals surface area contributed by atoms with E-state index in [0.717, 1.165) is 31.2 Å². The number of aryl methyl sites for hydroxylation is 1. The molecule has 21 heavy (non-hydrogen) atoms. The van der Waals surface area contributed by atoms with E-state index in [4.69, 9.17) is 5.73 Å². The fourth-order valence-electron chi connectivity index (χ4n) is 2.95. The Morgan fingerprint density at radius 1 is 1.19 bits per heavy atom. The van der Waals surface area contributed by atoms with Crippen LogP contribution in [0.25, 0.3) is 0 Å². The molecular weight excluding hydrogens is 304 g/mol. The van der Waals surface area contributed by atoms with Gasteiger partial charge >= 0.3 is 0 Å². The van der Waals surface area contributed by atoms with Crippen molar-refractivity contribution in [2.45, 2.75) is 55.7 Å². The van der Waals surface area contributed by atoms with Gasteiger partial charge in [0, 0.05) is 17.0 Å². The normalized spacial score (nSPS) is 23.2. The zero-order valence-corrected chi connectivity index (χ0v) is 14.5. The number of nitrogens with one attached hydrogen (secondary N) is 1. The lowest BCUT2D eigenvalue weighted by molar-refractivity contribution is 0.420. The maximum absolute atomic E-state index is 12.7. The van der Waals surface area contributed by atoms with E-state index in [2.05, 4.69) is 11.0 Å². The number of sulfonamides is 1. The van der Waals surface area contributed by atoms with E-state index in [-0.39, 0.29) is 6.04 Å². The van der Waals surface area contributed by atoms with Crippen LogP contribution in [0.2, 0.25) is 0 Å². The number of hydrogen-bond acceptors (Lipinski definition) is 4. The predicted octanol–water partition coefficient (Wildman–Crippen LogP) is 2.84. The van der Waals surface area contributed by atoms with Crippen molar-refractivity contribution in [3.63, 3.8) is 0 Å². The number of thioether (sulfide) groups is 1. The molecule has 0 unspecified atom stereocenters. The van der Waals surface area contributed by atoms with Gasteiger partial charge in [-0.1, -0.05) is 6.07 Å². The average Bonchev–Trinajstić information content (AvgIpc) is 2.43. The smallest absolute Gasteiger partial charge is 0.241 e. The van der Waals surface area contributed by atoms with Gasteiger partial charge in [-0.3, -0.25) is 0 Å². The summed E-state index contributed by atoms with van der Waals surface area (Å²) < 4.78 is 28.2. The molecule has 0 radical (unpaired) electrons. The van der Waals surface area contributed by atoms with Crippen molar-refractivity contribution in [1.82, 2.24) is 4.72 Å². The zero-order chi connectivity index (χ0) is 15.6. The molecule has 1 aliphatic rings. The Bertz CT molecular complexity index is 606. The monoisotopic (exact) mass is 328 g/mol. The lowest BCUT2D eigenvalue weighted by atomic mass is 9.96. The Morgan fingerprint density at radius 3 is 2.38 bits per heavy atom. The molecule has 4 nitrogen and oxygen atoms in total. The van der Waals surface area contributed by atoms with Gasteiger partial charge in [0.15, 0.2) is 0 Å². The molecule has 0 aromatic heterocycles. The van der Waals surface area contributed by atoms with Gasteiger partial charge < -0.3 is 5.73 Å². The third-order valence-corrected chi connectivity index (χ3v) is 7.19. The molecule has 0 spiro atoms. The predicted molar refractivity (Wildman–Crippen MR) is 90.2 cm³/mol. The summed E-state index contributed by atoms with van der Waals surface area (Å²) in [4.78, 5) is 0.342. The Morgan fingerprint density at radius 2 is 1.81 bits per heavy atom. The van der Waals surface area contributed by atoms with Gasteiger partial charge in [-0.05, 0) is 63.0 Å². The van der Waals surface area contributed by atoms with Gasteiger partial charge in [0.05, 0.1) is 4.90 Å². The van der Waals surface area contributed by atoms with Crippen LogP contribution in [-0.2, 0) is 10.0 Å². The van der Waals surface area contributed by atoms with E-state index < -0.39 is 10.0 Å². The number of nitrogens with two attached hydrogens (primary N) is 1. The summed E-state index contributed by atoms with van der Waals surface area (Å²) in [6, 6.07) is 3.56. The molecule has 3 N–H and O–H groups in total. The second kappa shape index (κ2) is 6.58. The molecule has 1 fully saturated rings. The molecule has 0 heterocycles. The standard InChI is InChI=1S/C15H24N2O2S2/c1-10-4-9-14(16)11(2)15(10)21(18,19)17-12-5-7-13(20-3)8-6-12/h4,9,12-13,17H,5-8,16H2,1-3H3. The van der Waals surface area contributed by atoms with Crippen LogP contribution in [0.5, 0.6) is 0 Å². The Kier molecular flexibility index (Phi) is 5.22. The van der Waals surface area contributed by atoms with Crippen LogP contribution in [0.15, 0.2) is 17.0 Å². The second-order valence-electron chi connectivity index (χ2n) is 5.76. The SMILES string of the molecule is CSC1CCC(NS(=O)(=O)c2c(C)ccc(N)c2C)CC1. The summed E-state index contributed by atoms with van der Waals surface area (Å²) in [5, 5.41) is 0.668. The minimum Gasteiger partial charge on any atom is -0.398 e. The quantitative estimate of drug-likeness (QED) is 0.834. The second-order valence-corrected chi connectivity index (χ2v) is 8.55. The van der Waals surface area contributed by atoms with Gasteiger partial charge in [0.2, 0.25) is 10.0 Å². The summed E-state index contributed by atoms with van der Waals surface area (Å²) in [7, 11) is -3.50. The maximum atomic E-state index is 12.7. The molecule has 1 aromatic rings. The van der Waals surface area contributed by atoms with Crippen LogP contribution >= 0.6 is 11.8 Å². The van der Waals surface area contributed by atoms with Gasteiger partial charge in [-0.2, -0.15) is 11.8 Å². The topological polar surface area (TPSA) is 72.2 Å². The molecule has 0 amide bonds. The lowest BCUT2D eigenvalue weighted by Gasteiger charge is -2.28. The summed E-state index contributed by atoms with van der Waals surface area (Å²) in [5.74, 6) is 0. The maximum Gasteiger partial charge on any atom is 0.241 e. The highest BCUT2D eigenvalue weighted by Crippen LogP contribution is 2.29. The van der Waals surface area contributed by atoms with Crippen LogP contribution in [0.1, 0.15) is 36.8 Å². The third-order valence-electron chi connectivity index (χ3n) is 4.24. The Hall–Kier alpha value is -0.720. The first-order valence-corrected chi connectivity index (χ1v) is 10.0. The Balaban J connectivity index is 2.18. The first kappa shape index (κ1) is 16.6. The minimum absolute atomic E-state index is 0.0404. The van der Waals surface area contributed by atoms with Gasteiger partial charge in [-0.25, -0.2) is 13.1 Å². The molecule has 1 aliphatic carbocycles. The van der Waals surface area contributed by atoms with E-state index in [1.165, 1.54) is 0 Å². The highest BCUT2D eigenvalue weighted by Gasteiger charge is 2.27. The van der Waals surface area contributed by atoms with Crippen LogP contribution in [0.4, 0.5) is 5.69 Å². The first-order chi connectivity index (χ1) is 9.85. The number of hydrogen-bond donors (Lipinski definition) is 2. The number of benzene rings is 1. The molecule has 6 heteroatoms. The molecule has 1 saturated carbocycles. The van der Waals surface area contributed by atoms with Crippen LogP contribution in [-0.4, -0.2) is 26.0 Å². The summed E-state index contributed by atoms with van der Waals surface area (Å²) in [6.45, 7) is 3.58. The van der Waals surface area contributed by atoms with Gasteiger partial charge in [0.25, 0.3) is 0 Å². The first-order valence-electron chi connectivity index (χ1n) is 7.26. The fraction of sp³-hybridized carbons (Fsp3) is 0.600. The van der Waals surface area contributed by atoms with E-state index in [0.29, 0.717) is 21.4 Å². The van der Waals surface area contributed by atoms with Crippen molar-refractivity contribution >= 4 is 27.5 Å². The Labute approximate surface area is 131 Å². The lowest BCUT2D eigenvalue weighted by Crippen LogP contribution is -2.38. The molecule has 0 atom stereocenters. The van der Waals surface area contributed by atoms with Crippen molar-refractivity contribution < 1.29 is 8.42 Å². The van der Waals surface area contributed by atoms with Crippen molar-refractivity contribution in [2.24, 2.45) is 0 Å². The van der Waals surface area contributed by atoms with Crippen molar-refractivity contribution in [3.8, 4) is 0 Å². The van der Waals surface area contributed by atoms with Crippen molar-refractivity contribution in [1.29, 1.82) is 0 Å². The average molecular weight is 329 g/mol. The van der Waals surface area contributed by atoms with Gasteiger partial charge in [-0.15, -0.1) is 0 Å². The van der Waals surface area contributed by atoms with Gasteiger partial charge in [0.1, 0.15) is 0 Å². The zero-order valence-electron chi connectivity index (χ0n) is 12.8. The molecule has 2 rings (SSSR count). The largest absolute Gasteiger partial charge is 0.398 e. The minimum atomic E-state index is -3.50. The highest BCUT2D eigenvalue weighted by molar-refractivity contribution is 7.99. The van der Waals surface area contributed by atoms with Crippen molar-refractivity contribution in [2.75, 3.05) is 12.0 Å². The van der Waals surface area contributed by atoms with E-state index >= 15 is 0 Å². The molecular formula is C15H24N2O2S2. The molecule has 118 valence electrons. The summed E-state index contributed by atoms with van der Waals surface area (Å²) >= 11 is 1.88. The van der Waals surface area contributed by atoms with Crippen molar-refractivity contribution in [3.05, 3.63) is 23.3 Å².